The molecule has 0 aromatic rings. The van der Waals surface area contributed by atoms with Crippen LogP contribution in [-0.4, -0.2) is 41.6 Å². The monoisotopic (exact) mass is 252 g/mol. The molecule has 1 fully saturated rings. The first-order valence-corrected chi connectivity index (χ1v) is 6.34. The second-order valence-electron chi connectivity index (χ2n) is 4.52. The Hall–Kier alpha value is -1.70. The zero-order chi connectivity index (χ0) is 13.4. The third-order valence-electron chi connectivity index (χ3n) is 3.08. The maximum atomic E-state index is 11.8. The number of carboxylic acid groups (broad SMARTS) is 1. The molecule has 0 unspecified atom stereocenters. The molecule has 0 aliphatic carbocycles. The molecule has 5 nitrogen and oxygen atoms in total. The number of terminal acetylenes is 1. The summed E-state index contributed by atoms with van der Waals surface area (Å²) in [6.45, 7) is 1.54. The summed E-state index contributed by atoms with van der Waals surface area (Å²) in [6, 6.07) is -0.165. The molecular formula is C13H20N2O3. The van der Waals surface area contributed by atoms with Crippen molar-refractivity contribution in [3.05, 3.63) is 0 Å². The van der Waals surface area contributed by atoms with Gasteiger partial charge in [-0.05, 0) is 25.7 Å². The standard InChI is InChI=1S/C13H20N2O3/c1-2-3-4-5-8-14-13(18)15-9-6-7-11(10-15)12(16)17/h1,11H,3-10H2,(H,14,18)(H,16,17)/t11-/m0/s1. The van der Waals surface area contributed by atoms with E-state index in [9.17, 15) is 9.59 Å². The number of unbranched alkanes of at least 4 members (excludes halogenated alkanes) is 2. The zero-order valence-corrected chi connectivity index (χ0v) is 10.5. The molecule has 18 heavy (non-hydrogen) atoms. The Morgan fingerprint density at radius 1 is 1.44 bits per heavy atom. The number of hydrogen-bond donors (Lipinski definition) is 2. The van der Waals surface area contributed by atoms with E-state index in [2.05, 4.69) is 11.2 Å². The molecule has 1 heterocycles. The van der Waals surface area contributed by atoms with Crippen molar-refractivity contribution in [1.29, 1.82) is 0 Å². The van der Waals surface area contributed by atoms with Gasteiger partial charge in [0.15, 0.2) is 0 Å². The highest BCUT2D eigenvalue weighted by atomic mass is 16.4. The Kier molecular flexibility index (Phi) is 6.06. The van der Waals surface area contributed by atoms with Crippen LogP contribution >= 0.6 is 0 Å². The van der Waals surface area contributed by atoms with Crippen molar-refractivity contribution in [2.45, 2.75) is 32.1 Å². The summed E-state index contributed by atoms with van der Waals surface area (Å²) in [5.41, 5.74) is 0. The molecule has 0 radical (unpaired) electrons. The van der Waals surface area contributed by atoms with Crippen LogP contribution in [0.5, 0.6) is 0 Å². The molecule has 5 heteroatoms. The quantitative estimate of drug-likeness (QED) is 0.572. The summed E-state index contributed by atoms with van der Waals surface area (Å²) in [5.74, 6) is 1.31. The van der Waals surface area contributed by atoms with Gasteiger partial charge in [-0.3, -0.25) is 4.79 Å². The van der Waals surface area contributed by atoms with E-state index in [-0.39, 0.29) is 6.03 Å². The van der Waals surface area contributed by atoms with Crippen molar-refractivity contribution in [3.63, 3.8) is 0 Å². The van der Waals surface area contributed by atoms with Crippen LogP contribution in [0.15, 0.2) is 0 Å². The number of hydrogen-bond acceptors (Lipinski definition) is 2. The molecule has 0 bridgehead atoms. The number of rotatable bonds is 5. The summed E-state index contributed by atoms with van der Waals surface area (Å²) in [6.07, 6.45) is 9.01. The maximum absolute atomic E-state index is 11.8. The second-order valence-corrected chi connectivity index (χ2v) is 4.52. The van der Waals surface area contributed by atoms with E-state index < -0.39 is 11.9 Å². The first-order valence-electron chi connectivity index (χ1n) is 6.34. The maximum Gasteiger partial charge on any atom is 0.317 e. The number of nitrogens with one attached hydrogen (secondary N) is 1. The summed E-state index contributed by atoms with van der Waals surface area (Å²) in [5, 5.41) is 11.7. The van der Waals surface area contributed by atoms with Crippen molar-refractivity contribution in [3.8, 4) is 12.3 Å². The predicted octanol–water partition coefficient (Wildman–Crippen LogP) is 1.30. The molecule has 1 saturated heterocycles. The van der Waals surface area contributed by atoms with Crippen LogP contribution in [0.1, 0.15) is 32.1 Å². The van der Waals surface area contributed by atoms with Gasteiger partial charge in [0.25, 0.3) is 0 Å². The van der Waals surface area contributed by atoms with Crippen molar-refractivity contribution in [2.24, 2.45) is 5.92 Å². The van der Waals surface area contributed by atoms with Gasteiger partial charge in [0.2, 0.25) is 0 Å². The molecule has 1 atom stereocenters. The van der Waals surface area contributed by atoms with Crippen LogP contribution in [0.25, 0.3) is 0 Å². The van der Waals surface area contributed by atoms with Gasteiger partial charge in [0, 0.05) is 26.1 Å². The lowest BCUT2D eigenvalue weighted by Gasteiger charge is -2.30. The average Bonchev–Trinajstić information content (AvgIpc) is 2.38. The Morgan fingerprint density at radius 2 is 2.22 bits per heavy atom. The number of nitrogens with zero attached hydrogens (tertiary/aromatic N) is 1. The van der Waals surface area contributed by atoms with E-state index in [4.69, 9.17) is 11.5 Å². The third-order valence-corrected chi connectivity index (χ3v) is 3.08. The second kappa shape index (κ2) is 7.59. The largest absolute Gasteiger partial charge is 0.481 e. The normalized spacial score (nSPS) is 19.1. The van der Waals surface area contributed by atoms with Gasteiger partial charge in [0.1, 0.15) is 0 Å². The lowest BCUT2D eigenvalue weighted by molar-refractivity contribution is -0.143. The molecular weight excluding hydrogens is 232 g/mol. The SMILES string of the molecule is C#CCCCCNC(=O)N1CCC[C@H](C(=O)O)C1. The highest BCUT2D eigenvalue weighted by Gasteiger charge is 2.27. The zero-order valence-electron chi connectivity index (χ0n) is 10.5. The molecule has 1 rings (SSSR count). The van der Waals surface area contributed by atoms with Gasteiger partial charge < -0.3 is 15.3 Å². The van der Waals surface area contributed by atoms with Crippen LogP contribution in [0.3, 0.4) is 0 Å². The Morgan fingerprint density at radius 3 is 2.89 bits per heavy atom. The highest BCUT2D eigenvalue weighted by molar-refractivity contribution is 5.76. The third kappa shape index (κ3) is 4.66. The first kappa shape index (κ1) is 14.4. The fraction of sp³-hybridized carbons (Fsp3) is 0.692. The number of carbonyl (C=O) groups is 2. The summed E-state index contributed by atoms with van der Waals surface area (Å²) in [7, 11) is 0. The molecule has 100 valence electrons. The van der Waals surface area contributed by atoms with E-state index >= 15 is 0 Å². The average molecular weight is 252 g/mol. The van der Waals surface area contributed by atoms with Crippen molar-refractivity contribution in [1.82, 2.24) is 10.2 Å². The fourth-order valence-corrected chi connectivity index (χ4v) is 2.02. The van der Waals surface area contributed by atoms with Gasteiger partial charge in [-0.15, -0.1) is 12.3 Å². The van der Waals surface area contributed by atoms with E-state index in [1.165, 1.54) is 0 Å². The Bertz CT molecular complexity index is 336. The van der Waals surface area contributed by atoms with Gasteiger partial charge in [-0.1, -0.05) is 0 Å². The van der Waals surface area contributed by atoms with Crippen molar-refractivity contribution >= 4 is 12.0 Å². The topological polar surface area (TPSA) is 69.6 Å². The summed E-state index contributed by atoms with van der Waals surface area (Å²) < 4.78 is 0. The van der Waals surface area contributed by atoms with Crippen LogP contribution in [-0.2, 0) is 4.79 Å². The lowest BCUT2D eigenvalue weighted by atomic mass is 9.99. The van der Waals surface area contributed by atoms with Crippen LogP contribution in [0, 0.1) is 18.3 Å². The first-order chi connectivity index (χ1) is 8.65. The van der Waals surface area contributed by atoms with E-state index in [0.717, 1.165) is 25.7 Å². The van der Waals surface area contributed by atoms with Crippen LogP contribution < -0.4 is 5.32 Å². The fourth-order valence-electron chi connectivity index (χ4n) is 2.02. The molecule has 2 N–H and O–H groups in total. The molecule has 2 amide bonds. The van der Waals surface area contributed by atoms with E-state index in [1.54, 1.807) is 4.90 Å². The number of likely N-dealkylation sites (tertiary alicyclic amines) is 1. The highest BCUT2D eigenvalue weighted by Crippen LogP contribution is 2.16. The molecule has 0 aromatic heterocycles. The number of urea groups is 1. The molecule has 1 aliphatic rings. The lowest BCUT2D eigenvalue weighted by Crippen LogP contribution is -2.47. The summed E-state index contributed by atoms with van der Waals surface area (Å²) in [4.78, 5) is 24.2. The molecule has 0 aromatic carbocycles. The smallest absolute Gasteiger partial charge is 0.317 e. The van der Waals surface area contributed by atoms with Gasteiger partial charge >= 0.3 is 12.0 Å². The number of carboxylic acids is 1. The van der Waals surface area contributed by atoms with Crippen LogP contribution in [0.4, 0.5) is 4.79 Å². The van der Waals surface area contributed by atoms with Gasteiger partial charge in [0.05, 0.1) is 5.92 Å². The molecule has 0 saturated carbocycles. The number of aliphatic carboxylic acids is 1. The van der Waals surface area contributed by atoms with Gasteiger partial charge in [-0.25, -0.2) is 4.79 Å². The van der Waals surface area contributed by atoms with Crippen LogP contribution in [0.2, 0.25) is 0 Å². The number of carbonyl (C=O) groups excluding carboxylic acids is 1. The Labute approximate surface area is 108 Å². The minimum Gasteiger partial charge on any atom is -0.481 e. The summed E-state index contributed by atoms with van der Waals surface area (Å²) >= 11 is 0. The van der Waals surface area contributed by atoms with E-state index in [1.807, 2.05) is 0 Å². The van der Waals surface area contributed by atoms with Crippen molar-refractivity contribution < 1.29 is 14.7 Å². The van der Waals surface area contributed by atoms with Crippen molar-refractivity contribution in [2.75, 3.05) is 19.6 Å². The minimum atomic E-state index is -0.818. The van der Waals surface area contributed by atoms with E-state index in [0.29, 0.717) is 26.1 Å². The predicted molar refractivity (Wildman–Crippen MR) is 68.0 cm³/mol. The molecule has 1 aliphatic heterocycles. The Balaban J connectivity index is 2.24. The molecule has 0 spiro atoms. The van der Waals surface area contributed by atoms with Gasteiger partial charge in [-0.2, -0.15) is 0 Å². The minimum absolute atomic E-state index is 0.165. The number of piperidine rings is 1. The number of amides is 2.